The molecule has 0 N–H and O–H groups in total. The van der Waals surface area contributed by atoms with Crippen LogP contribution in [0.3, 0.4) is 0 Å². The third kappa shape index (κ3) is 3.00. The zero-order valence-corrected chi connectivity index (χ0v) is 14.4. The van der Waals surface area contributed by atoms with Crippen LogP contribution >= 0.6 is 0 Å². The molecule has 132 valence electrons. The van der Waals surface area contributed by atoms with Crippen molar-refractivity contribution in [1.82, 2.24) is 15.0 Å². The Labute approximate surface area is 145 Å². The summed E-state index contributed by atoms with van der Waals surface area (Å²) in [4.78, 5) is 18.7. The van der Waals surface area contributed by atoms with Gasteiger partial charge in [-0.3, -0.25) is 9.78 Å². The zero-order chi connectivity index (χ0) is 17.4. The monoisotopic (exact) mass is 343 g/mol. The Kier molecular flexibility index (Phi) is 3.95. The number of likely N-dealkylation sites (tertiary alicyclic amines) is 1. The number of carbonyl (C=O) groups excluding carboxylic acids is 1. The maximum absolute atomic E-state index is 12.8. The lowest BCUT2D eigenvalue weighted by atomic mass is 9.98. The topological polar surface area (TPSA) is 77.7 Å². The van der Waals surface area contributed by atoms with E-state index in [1.165, 1.54) is 0 Å². The molecule has 25 heavy (non-hydrogen) atoms. The van der Waals surface area contributed by atoms with E-state index in [1.54, 1.807) is 26.2 Å². The highest BCUT2D eigenvalue weighted by Gasteiger charge is 2.48. The number of amides is 1. The van der Waals surface area contributed by atoms with Crippen LogP contribution in [0.1, 0.15) is 34.7 Å². The lowest BCUT2D eigenvalue weighted by Gasteiger charge is -2.23. The fraction of sp³-hybridized carbons (Fsp3) is 0.500. The molecule has 1 amide bonds. The molecule has 1 spiro atoms. The van der Waals surface area contributed by atoms with E-state index in [2.05, 4.69) is 10.1 Å². The number of aryl methyl sites for hydroxylation is 2. The van der Waals surface area contributed by atoms with E-state index >= 15 is 0 Å². The average Bonchev–Trinajstić information content (AvgIpc) is 3.29. The van der Waals surface area contributed by atoms with E-state index in [-0.39, 0.29) is 17.6 Å². The summed E-state index contributed by atoms with van der Waals surface area (Å²) in [5.74, 6) is 1.27. The number of hydrogen-bond donors (Lipinski definition) is 0. The predicted octanol–water partition coefficient (Wildman–Crippen LogP) is 2.14. The zero-order valence-electron chi connectivity index (χ0n) is 14.4. The normalized spacial score (nSPS) is 25.7. The second-order valence-corrected chi connectivity index (χ2v) is 6.80. The van der Waals surface area contributed by atoms with Crippen molar-refractivity contribution >= 4 is 5.91 Å². The van der Waals surface area contributed by atoms with Crippen LogP contribution in [-0.2, 0) is 4.74 Å². The summed E-state index contributed by atoms with van der Waals surface area (Å²) in [5.41, 5.74) is 0.883. The first kappa shape index (κ1) is 16.1. The van der Waals surface area contributed by atoms with Gasteiger partial charge < -0.3 is 18.9 Å². The smallest absolute Gasteiger partial charge is 0.259 e. The van der Waals surface area contributed by atoms with Crippen LogP contribution in [0, 0.1) is 13.8 Å². The van der Waals surface area contributed by atoms with Gasteiger partial charge in [0.15, 0.2) is 0 Å². The summed E-state index contributed by atoms with van der Waals surface area (Å²) in [5, 5.41) is 3.88. The Balaban J connectivity index is 1.41. The van der Waals surface area contributed by atoms with Crippen molar-refractivity contribution in [2.75, 3.05) is 19.7 Å². The van der Waals surface area contributed by atoms with Gasteiger partial charge in [0.2, 0.25) is 0 Å². The molecule has 0 aliphatic carbocycles. The lowest BCUT2D eigenvalue weighted by Crippen LogP contribution is -2.36. The summed E-state index contributed by atoms with van der Waals surface area (Å²) >= 11 is 0. The Morgan fingerprint density at radius 1 is 1.44 bits per heavy atom. The van der Waals surface area contributed by atoms with Crippen LogP contribution in [-0.4, -0.2) is 52.3 Å². The molecule has 0 aromatic carbocycles. The molecule has 2 fully saturated rings. The molecule has 4 rings (SSSR count). The van der Waals surface area contributed by atoms with E-state index in [1.807, 2.05) is 17.0 Å². The molecule has 2 aliphatic heterocycles. The van der Waals surface area contributed by atoms with E-state index < -0.39 is 0 Å². The van der Waals surface area contributed by atoms with Crippen molar-refractivity contribution in [1.29, 1.82) is 0 Å². The summed E-state index contributed by atoms with van der Waals surface area (Å²) in [6, 6.07) is 3.74. The van der Waals surface area contributed by atoms with E-state index in [4.69, 9.17) is 14.0 Å². The van der Waals surface area contributed by atoms with Crippen LogP contribution in [0.4, 0.5) is 0 Å². The molecular weight excluding hydrogens is 322 g/mol. The van der Waals surface area contributed by atoms with Crippen LogP contribution in [0.5, 0.6) is 5.75 Å². The number of rotatable bonds is 3. The van der Waals surface area contributed by atoms with Gasteiger partial charge >= 0.3 is 0 Å². The van der Waals surface area contributed by atoms with Crippen molar-refractivity contribution in [3.05, 3.63) is 41.5 Å². The van der Waals surface area contributed by atoms with E-state index in [0.29, 0.717) is 36.7 Å². The Bertz CT molecular complexity index is 756. The average molecular weight is 343 g/mol. The Hall–Kier alpha value is -2.41. The van der Waals surface area contributed by atoms with Gasteiger partial charge in [-0.25, -0.2) is 0 Å². The molecular formula is C18H21N3O4. The molecule has 0 bridgehead atoms. The van der Waals surface area contributed by atoms with Gasteiger partial charge in [0.05, 0.1) is 30.6 Å². The van der Waals surface area contributed by atoms with Crippen molar-refractivity contribution in [2.24, 2.45) is 0 Å². The van der Waals surface area contributed by atoms with Gasteiger partial charge in [-0.15, -0.1) is 0 Å². The summed E-state index contributed by atoms with van der Waals surface area (Å²) < 4.78 is 17.1. The fourth-order valence-corrected chi connectivity index (χ4v) is 3.74. The number of nitrogens with zero attached hydrogens (tertiary/aromatic N) is 3. The third-order valence-corrected chi connectivity index (χ3v) is 4.96. The molecule has 0 unspecified atom stereocenters. The first-order chi connectivity index (χ1) is 12.1. The number of carbonyl (C=O) groups is 1. The van der Waals surface area contributed by atoms with Gasteiger partial charge in [-0.1, -0.05) is 5.16 Å². The molecule has 7 heteroatoms. The molecule has 2 aromatic rings. The minimum Gasteiger partial charge on any atom is -0.486 e. The number of aromatic nitrogens is 2. The van der Waals surface area contributed by atoms with Crippen molar-refractivity contribution in [2.45, 2.75) is 38.4 Å². The molecule has 2 aromatic heterocycles. The SMILES string of the molecule is Cc1noc(C)c1C(=O)N1CC[C@@]2(C[C@@H](Oc3cccnc3)CO2)C1. The largest absolute Gasteiger partial charge is 0.486 e. The van der Waals surface area contributed by atoms with Crippen molar-refractivity contribution in [3.63, 3.8) is 0 Å². The van der Waals surface area contributed by atoms with Crippen LogP contribution in [0.25, 0.3) is 0 Å². The van der Waals surface area contributed by atoms with Gasteiger partial charge in [0.25, 0.3) is 5.91 Å². The van der Waals surface area contributed by atoms with Gasteiger partial charge in [-0.05, 0) is 32.4 Å². The highest BCUT2D eigenvalue weighted by molar-refractivity contribution is 5.96. The Morgan fingerprint density at radius 2 is 2.32 bits per heavy atom. The molecule has 0 saturated carbocycles. The first-order valence-electron chi connectivity index (χ1n) is 8.49. The number of hydrogen-bond acceptors (Lipinski definition) is 6. The standard InChI is InChI=1S/C18H21N3O4/c1-12-16(13(2)25-20-12)17(22)21-7-5-18(11-21)8-15(10-23-18)24-14-4-3-6-19-9-14/h3-4,6,9,15H,5,7-8,10-11H2,1-2H3/t15-,18-/m1/s1. The van der Waals surface area contributed by atoms with Crippen LogP contribution < -0.4 is 4.74 Å². The highest BCUT2D eigenvalue weighted by Crippen LogP contribution is 2.37. The van der Waals surface area contributed by atoms with Gasteiger partial charge in [-0.2, -0.15) is 0 Å². The van der Waals surface area contributed by atoms with Crippen molar-refractivity contribution < 1.29 is 18.8 Å². The molecule has 2 saturated heterocycles. The molecule has 7 nitrogen and oxygen atoms in total. The fourth-order valence-electron chi connectivity index (χ4n) is 3.74. The summed E-state index contributed by atoms with van der Waals surface area (Å²) in [7, 11) is 0. The molecule has 0 radical (unpaired) electrons. The quantitative estimate of drug-likeness (QED) is 0.850. The first-order valence-corrected chi connectivity index (χ1v) is 8.49. The molecule has 2 atom stereocenters. The lowest BCUT2D eigenvalue weighted by molar-refractivity contribution is 0.00992. The molecule has 4 heterocycles. The van der Waals surface area contributed by atoms with E-state index in [9.17, 15) is 4.79 Å². The van der Waals surface area contributed by atoms with E-state index in [0.717, 1.165) is 18.6 Å². The van der Waals surface area contributed by atoms with Crippen LogP contribution in [0.2, 0.25) is 0 Å². The predicted molar refractivity (Wildman–Crippen MR) is 88.5 cm³/mol. The summed E-state index contributed by atoms with van der Waals surface area (Å²) in [6.45, 7) is 5.33. The highest BCUT2D eigenvalue weighted by atomic mass is 16.6. The second kappa shape index (κ2) is 6.15. The number of ether oxygens (including phenoxy) is 2. The minimum absolute atomic E-state index is 0.0154. The minimum atomic E-state index is -0.318. The van der Waals surface area contributed by atoms with Crippen molar-refractivity contribution in [3.8, 4) is 5.75 Å². The third-order valence-electron chi connectivity index (χ3n) is 4.96. The second-order valence-electron chi connectivity index (χ2n) is 6.80. The summed E-state index contributed by atoms with van der Waals surface area (Å²) in [6.07, 6.45) is 4.99. The molecule has 2 aliphatic rings. The number of pyridine rings is 1. The van der Waals surface area contributed by atoms with Gasteiger partial charge in [0, 0.05) is 19.2 Å². The Morgan fingerprint density at radius 3 is 3.04 bits per heavy atom. The van der Waals surface area contributed by atoms with Gasteiger partial charge in [0.1, 0.15) is 23.2 Å². The van der Waals surface area contributed by atoms with Crippen LogP contribution in [0.15, 0.2) is 29.0 Å². The maximum Gasteiger partial charge on any atom is 0.259 e. The maximum atomic E-state index is 12.8.